The van der Waals surface area contributed by atoms with Gasteiger partial charge in [0.1, 0.15) is 0 Å². The van der Waals surface area contributed by atoms with Crippen LogP contribution in [0.25, 0.3) is 0 Å². The fraction of sp³-hybridized carbons (Fsp3) is 0.250. The third-order valence-electron chi connectivity index (χ3n) is 2.51. The highest BCUT2D eigenvalue weighted by Gasteiger charge is 2.04. The lowest BCUT2D eigenvalue weighted by Crippen LogP contribution is -1.96. The number of ether oxygens (including phenoxy) is 2. The van der Waals surface area contributed by atoms with E-state index in [0.29, 0.717) is 22.5 Å². The molecule has 0 unspecified atom stereocenters. The monoisotopic (exact) mass is 278 g/mol. The van der Waals surface area contributed by atoms with Crippen molar-refractivity contribution in [3.8, 4) is 11.5 Å². The highest BCUT2D eigenvalue weighted by molar-refractivity contribution is 7.80. The van der Waals surface area contributed by atoms with Gasteiger partial charge in [-0.1, -0.05) is 0 Å². The summed E-state index contributed by atoms with van der Waals surface area (Å²) in [5.74, 6) is 2.00. The number of aromatic nitrogens is 3. The van der Waals surface area contributed by atoms with Crippen LogP contribution in [0.15, 0.2) is 28.5 Å². The van der Waals surface area contributed by atoms with E-state index in [2.05, 4.69) is 27.9 Å². The summed E-state index contributed by atoms with van der Waals surface area (Å²) in [6.45, 7) is 1.80. The molecule has 6 nitrogen and oxygen atoms in total. The standard InChI is InChI=1S/C12H14N4O2S/c1-8-14-15-12(19)16(8)13-7-9-4-5-10(17-2)11(6-9)18-3/h4-7H,1-3H3,(H,15,19). The molecule has 7 heteroatoms. The van der Waals surface area contributed by atoms with E-state index >= 15 is 0 Å². The topological polar surface area (TPSA) is 61.5 Å². The summed E-state index contributed by atoms with van der Waals surface area (Å²) in [6, 6.07) is 5.53. The second-order valence-electron chi connectivity index (χ2n) is 3.72. The van der Waals surface area contributed by atoms with Crippen LogP contribution in [-0.4, -0.2) is 35.3 Å². The molecule has 1 aromatic carbocycles. The Morgan fingerprint density at radius 2 is 1.95 bits per heavy atom. The van der Waals surface area contributed by atoms with E-state index in [-0.39, 0.29) is 0 Å². The quantitative estimate of drug-likeness (QED) is 0.684. The first kappa shape index (κ1) is 13.4. The van der Waals surface area contributed by atoms with Gasteiger partial charge in [-0.2, -0.15) is 9.78 Å². The van der Waals surface area contributed by atoms with Crippen molar-refractivity contribution in [3.63, 3.8) is 0 Å². The molecule has 2 aromatic rings. The zero-order chi connectivity index (χ0) is 13.8. The van der Waals surface area contributed by atoms with Crippen LogP contribution in [0.5, 0.6) is 11.5 Å². The highest BCUT2D eigenvalue weighted by atomic mass is 32.1. The lowest BCUT2D eigenvalue weighted by Gasteiger charge is -2.07. The van der Waals surface area contributed by atoms with E-state index in [1.165, 1.54) is 0 Å². The lowest BCUT2D eigenvalue weighted by molar-refractivity contribution is 0.355. The number of hydrogen-bond acceptors (Lipinski definition) is 6. The Labute approximate surface area is 116 Å². The molecule has 0 bridgehead atoms. The number of hydrogen-bond donors (Lipinski definition) is 1. The minimum absolute atomic E-state index is 0.439. The van der Waals surface area contributed by atoms with Gasteiger partial charge in [0.15, 0.2) is 17.3 Å². The molecule has 19 heavy (non-hydrogen) atoms. The van der Waals surface area contributed by atoms with Crippen LogP contribution in [0.2, 0.25) is 0 Å². The summed E-state index contributed by atoms with van der Waals surface area (Å²) in [5.41, 5.74) is 0.874. The largest absolute Gasteiger partial charge is 0.493 e. The average Bonchev–Trinajstić information content (AvgIpc) is 2.75. The number of rotatable bonds is 4. The van der Waals surface area contributed by atoms with Crippen LogP contribution in [0.1, 0.15) is 11.4 Å². The maximum Gasteiger partial charge on any atom is 0.208 e. The number of thiol groups is 1. The molecule has 0 saturated heterocycles. The Morgan fingerprint density at radius 1 is 1.21 bits per heavy atom. The van der Waals surface area contributed by atoms with Crippen LogP contribution in [0.4, 0.5) is 0 Å². The van der Waals surface area contributed by atoms with Crippen molar-refractivity contribution >= 4 is 18.8 Å². The summed E-state index contributed by atoms with van der Waals surface area (Å²) >= 11 is 4.17. The summed E-state index contributed by atoms with van der Waals surface area (Å²) in [6.07, 6.45) is 1.68. The van der Waals surface area contributed by atoms with E-state index in [4.69, 9.17) is 9.47 Å². The van der Waals surface area contributed by atoms with Crippen LogP contribution < -0.4 is 9.47 Å². The minimum Gasteiger partial charge on any atom is -0.493 e. The molecule has 1 aromatic heterocycles. The fourth-order valence-electron chi connectivity index (χ4n) is 1.54. The maximum absolute atomic E-state index is 5.23. The summed E-state index contributed by atoms with van der Waals surface area (Å²) < 4.78 is 11.9. The van der Waals surface area contributed by atoms with Gasteiger partial charge in [-0.15, -0.1) is 22.8 Å². The fourth-order valence-corrected chi connectivity index (χ4v) is 1.78. The van der Waals surface area contributed by atoms with Gasteiger partial charge >= 0.3 is 0 Å². The van der Waals surface area contributed by atoms with Crippen molar-refractivity contribution in [2.45, 2.75) is 12.1 Å². The molecule has 0 amide bonds. The molecule has 0 aliphatic heterocycles. The van der Waals surface area contributed by atoms with Crippen molar-refractivity contribution < 1.29 is 9.47 Å². The molecule has 2 rings (SSSR count). The van der Waals surface area contributed by atoms with Gasteiger partial charge in [0.25, 0.3) is 0 Å². The van der Waals surface area contributed by atoms with Gasteiger partial charge in [-0.05, 0) is 30.7 Å². The predicted molar refractivity (Wildman–Crippen MR) is 74.5 cm³/mol. The molecule has 0 atom stereocenters. The van der Waals surface area contributed by atoms with Gasteiger partial charge < -0.3 is 9.47 Å². The number of methoxy groups -OCH3 is 2. The van der Waals surface area contributed by atoms with Crippen molar-refractivity contribution in [1.29, 1.82) is 0 Å². The lowest BCUT2D eigenvalue weighted by atomic mass is 10.2. The van der Waals surface area contributed by atoms with Crippen molar-refractivity contribution in [2.24, 2.45) is 5.10 Å². The molecule has 0 spiro atoms. The van der Waals surface area contributed by atoms with Gasteiger partial charge in [-0.25, -0.2) is 0 Å². The summed E-state index contributed by atoms with van der Waals surface area (Å²) in [5, 5.41) is 12.4. The van der Waals surface area contributed by atoms with E-state index in [0.717, 1.165) is 5.56 Å². The first-order valence-corrected chi connectivity index (χ1v) is 5.97. The molecular formula is C12H14N4O2S. The molecule has 0 fully saturated rings. The van der Waals surface area contributed by atoms with Crippen molar-refractivity contribution in [1.82, 2.24) is 14.9 Å². The second kappa shape index (κ2) is 5.75. The van der Waals surface area contributed by atoms with Gasteiger partial charge in [0.05, 0.1) is 20.4 Å². The Morgan fingerprint density at radius 3 is 2.53 bits per heavy atom. The number of nitrogens with zero attached hydrogens (tertiary/aromatic N) is 4. The Hall–Kier alpha value is -2.02. The van der Waals surface area contributed by atoms with E-state index in [9.17, 15) is 0 Å². The van der Waals surface area contributed by atoms with E-state index in [1.54, 1.807) is 32.0 Å². The van der Waals surface area contributed by atoms with Gasteiger partial charge in [0.2, 0.25) is 5.16 Å². The number of aryl methyl sites for hydroxylation is 1. The zero-order valence-electron chi connectivity index (χ0n) is 10.9. The van der Waals surface area contributed by atoms with Crippen LogP contribution in [-0.2, 0) is 0 Å². The van der Waals surface area contributed by atoms with E-state index in [1.807, 2.05) is 18.2 Å². The third kappa shape index (κ3) is 2.87. The molecule has 0 aliphatic carbocycles. The Bertz CT molecular complexity index is 590. The average molecular weight is 278 g/mol. The second-order valence-corrected chi connectivity index (χ2v) is 4.12. The minimum atomic E-state index is 0.439. The van der Waals surface area contributed by atoms with Crippen LogP contribution in [0, 0.1) is 6.92 Å². The SMILES string of the molecule is COc1ccc(C=Nn2c(C)nnc2S)cc1OC. The maximum atomic E-state index is 5.23. The van der Waals surface area contributed by atoms with Crippen molar-refractivity contribution in [3.05, 3.63) is 29.6 Å². The summed E-state index contributed by atoms with van der Waals surface area (Å²) in [4.78, 5) is 0. The highest BCUT2D eigenvalue weighted by Crippen LogP contribution is 2.26. The van der Waals surface area contributed by atoms with Gasteiger partial charge in [-0.3, -0.25) is 0 Å². The third-order valence-corrected chi connectivity index (χ3v) is 2.79. The molecule has 0 radical (unpaired) electrons. The molecule has 0 saturated carbocycles. The van der Waals surface area contributed by atoms with Crippen molar-refractivity contribution in [2.75, 3.05) is 14.2 Å². The predicted octanol–water partition coefficient (Wildman–Crippen LogP) is 1.77. The Balaban J connectivity index is 2.29. The normalized spacial score (nSPS) is 10.9. The smallest absolute Gasteiger partial charge is 0.208 e. The molecule has 0 aliphatic rings. The first-order chi connectivity index (χ1) is 9.15. The Kier molecular flexibility index (Phi) is 4.06. The number of benzene rings is 1. The van der Waals surface area contributed by atoms with E-state index < -0.39 is 0 Å². The first-order valence-electron chi connectivity index (χ1n) is 5.53. The van der Waals surface area contributed by atoms with Crippen LogP contribution >= 0.6 is 12.6 Å². The summed E-state index contributed by atoms with van der Waals surface area (Å²) in [7, 11) is 3.19. The van der Waals surface area contributed by atoms with Crippen LogP contribution in [0.3, 0.4) is 0 Å². The van der Waals surface area contributed by atoms with Gasteiger partial charge in [0, 0.05) is 0 Å². The molecular weight excluding hydrogens is 264 g/mol. The molecule has 0 N–H and O–H groups in total. The zero-order valence-corrected chi connectivity index (χ0v) is 11.8. The molecule has 100 valence electrons. The molecule has 1 heterocycles.